The van der Waals surface area contributed by atoms with Crippen LogP contribution in [0.2, 0.25) is 5.02 Å². The molecule has 1 amide bonds. The monoisotopic (exact) mass is 420 g/mol. The van der Waals surface area contributed by atoms with Gasteiger partial charge in [0.15, 0.2) is 0 Å². The number of anilines is 1. The fraction of sp³-hybridized carbons (Fsp3) is 0.111. The van der Waals surface area contributed by atoms with Crippen molar-refractivity contribution in [3.05, 3.63) is 69.5 Å². The molecule has 0 fully saturated rings. The van der Waals surface area contributed by atoms with Gasteiger partial charge in [-0.05, 0) is 46.8 Å². The summed E-state index contributed by atoms with van der Waals surface area (Å²) in [7, 11) is 0. The van der Waals surface area contributed by atoms with E-state index < -0.39 is 22.8 Å². The van der Waals surface area contributed by atoms with Crippen LogP contribution in [0, 0.1) is 0 Å². The van der Waals surface area contributed by atoms with Gasteiger partial charge in [-0.25, -0.2) is 9.59 Å². The number of para-hydroxylation sites is 1. The number of carboxylic acid groups (broad SMARTS) is 1. The van der Waals surface area contributed by atoms with E-state index in [1.54, 1.807) is 31.2 Å². The summed E-state index contributed by atoms with van der Waals surface area (Å²) in [6.07, 6.45) is 0. The van der Waals surface area contributed by atoms with E-state index in [0.717, 1.165) is 11.8 Å². The van der Waals surface area contributed by atoms with Crippen molar-refractivity contribution >= 4 is 40.9 Å². The molecule has 8 nitrogen and oxygen atoms in total. The third-order valence-electron chi connectivity index (χ3n) is 3.75. The van der Waals surface area contributed by atoms with Crippen molar-refractivity contribution in [3.63, 3.8) is 0 Å². The van der Waals surface area contributed by atoms with Crippen molar-refractivity contribution < 1.29 is 23.9 Å². The van der Waals surface area contributed by atoms with Crippen molar-refractivity contribution in [3.8, 4) is 5.69 Å². The standard InChI is InChI=1S/C18H14ClN3O5S/c1-10(15(23)20-14-9-11(17(24)25)7-8-13(14)19)28-16-18(26)27-21-22(16)12-5-3-2-4-6-12/h2-10H,1H3,(H2-,20,21,23,24,25,26)/p+1. The molecule has 1 unspecified atom stereocenters. The molecule has 3 aromatic rings. The largest absolute Gasteiger partial charge is 0.478 e. The predicted octanol–water partition coefficient (Wildman–Crippen LogP) is 2.72. The van der Waals surface area contributed by atoms with Gasteiger partial charge in [0.1, 0.15) is 0 Å². The van der Waals surface area contributed by atoms with Crippen LogP contribution in [0.1, 0.15) is 17.3 Å². The first-order chi connectivity index (χ1) is 13.4. The van der Waals surface area contributed by atoms with Gasteiger partial charge in [0.05, 0.1) is 21.5 Å². The van der Waals surface area contributed by atoms with Gasteiger partial charge < -0.3 is 10.4 Å². The van der Waals surface area contributed by atoms with E-state index in [1.165, 1.54) is 22.9 Å². The summed E-state index contributed by atoms with van der Waals surface area (Å²) in [4.78, 5) is 35.7. The Morgan fingerprint density at radius 3 is 2.64 bits per heavy atom. The first-order valence-corrected chi connectivity index (χ1v) is 9.32. The van der Waals surface area contributed by atoms with Gasteiger partial charge in [-0.3, -0.25) is 9.32 Å². The number of hydrogen-bond acceptors (Lipinski definition) is 5. The van der Waals surface area contributed by atoms with E-state index in [1.807, 2.05) is 6.07 Å². The summed E-state index contributed by atoms with van der Waals surface area (Å²) < 4.78 is 6.29. The number of carbonyl (C=O) groups excluding carboxylic acids is 1. The van der Waals surface area contributed by atoms with Gasteiger partial charge in [0.2, 0.25) is 11.6 Å². The third kappa shape index (κ3) is 4.26. The molecule has 0 radical (unpaired) electrons. The molecule has 0 aliphatic carbocycles. The number of aromatic nitrogens is 2. The van der Waals surface area contributed by atoms with Crippen molar-refractivity contribution in [1.29, 1.82) is 0 Å². The number of benzene rings is 2. The topological polar surface area (TPSA) is 116 Å². The molecule has 0 aliphatic rings. The molecule has 0 spiro atoms. The first kappa shape index (κ1) is 19.7. The van der Waals surface area contributed by atoms with Gasteiger partial charge in [0, 0.05) is 12.1 Å². The summed E-state index contributed by atoms with van der Waals surface area (Å²) >= 11 is 7.03. The molecule has 0 saturated carbocycles. The Hall–Kier alpha value is -3.04. The Kier molecular flexibility index (Phi) is 5.86. The maximum absolute atomic E-state index is 12.5. The lowest BCUT2D eigenvalue weighted by Gasteiger charge is -2.11. The zero-order valence-corrected chi connectivity index (χ0v) is 16.1. The lowest BCUT2D eigenvalue weighted by molar-refractivity contribution is -0.704. The predicted molar refractivity (Wildman–Crippen MR) is 103 cm³/mol. The Morgan fingerprint density at radius 1 is 1.25 bits per heavy atom. The average molecular weight is 421 g/mol. The second-order valence-electron chi connectivity index (χ2n) is 5.71. The maximum Gasteiger partial charge on any atom is 0.442 e. The normalized spacial score (nSPS) is 11.8. The van der Waals surface area contributed by atoms with Crippen LogP contribution in [-0.4, -0.2) is 27.5 Å². The highest BCUT2D eigenvalue weighted by Crippen LogP contribution is 2.25. The molecule has 3 rings (SSSR count). The summed E-state index contributed by atoms with van der Waals surface area (Å²) in [5, 5.41) is 13.9. The number of aromatic amines is 1. The second-order valence-corrected chi connectivity index (χ2v) is 7.44. The number of nitrogens with one attached hydrogen (secondary N) is 2. The van der Waals surface area contributed by atoms with E-state index in [9.17, 15) is 14.4 Å². The van der Waals surface area contributed by atoms with E-state index in [2.05, 4.69) is 10.6 Å². The third-order valence-corrected chi connectivity index (χ3v) is 5.22. The average Bonchev–Trinajstić information content (AvgIpc) is 3.04. The first-order valence-electron chi connectivity index (χ1n) is 8.06. The lowest BCUT2D eigenvalue weighted by atomic mass is 10.2. The molecule has 1 atom stereocenters. The molecular formula is C18H15ClN3O5S+. The number of H-pyrrole nitrogens is 1. The molecule has 3 N–H and O–H groups in total. The minimum atomic E-state index is -1.14. The minimum absolute atomic E-state index is 0.00629. The highest BCUT2D eigenvalue weighted by Gasteiger charge is 2.29. The van der Waals surface area contributed by atoms with E-state index in [0.29, 0.717) is 5.69 Å². The number of nitrogens with zero attached hydrogens (tertiary/aromatic N) is 1. The highest BCUT2D eigenvalue weighted by atomic mass is 35.5. The van der Waals surface area contributed by atoms with Crippen LogP contribution in [-0.2, 0) is 4.79 Å². The summed E-state index contributed by atoms with van der Waals surface area (Å²) in [5.41, 5.74) is 0.226. The van der Waals surface area contributed by atoms with Crippen LogP contribution in [0.3, 0.4) is 0 Å². The smallest absolute Gasteiger partial charge is 0.442 e. The zero-order chi connectivity index (χ0) is 20.3. The van der Waals surface area contributed by atoms with Crippen LogP contribution in [0.25, 0.3) is 5.69 Å². The highest BCUT2D eigenvalue weighted by molar-refractivity contribution is 8.00. The number of carbonyl (C=O) groups is 2. The fourth-order valence-electron chi connectivity index (χ4n) is 2.32. The molecule has 1 aromatic heterocycles. The molecule has 0 aliphatic heterocycles. The van der Waals surface area contributed by atoms with E-state index in [4.69, 9.17) is 21.2 Å². The fourth-order valence-corrected chi connectivity index (χ4v) is 3.37. The second kappa shape index (κ2) is 8.32. The van der Waals surface area contributed by atoms with Gasteiger partial charge in [-0.15, -0.1) is 0 Å². The van der Waals surface area contributed by atoms with Gasteiger partial charge in [0.25, 0.3) is 0 Å². The summed E-state index contributed by atoms with van der Waals surface area (Å²) in [5.74, 6) is -1.59. The molecular weight excluding hydrogens is 406 g/mol. The van der Waals surface area contributed by atoms with Crippen LogP contribution in [0.15, 0.2) is 62.9 Å². The number of aromatic carboxylic acids is 1. The molecule has 144 valence electrons. The van der Waals surface area contributed by atoms with Crippen LogP contribution < -0.4 is 15.6 Å². The van der Waals surface area contributed by atoms with E-state index >= 15 is 0 Å². The number of carboxylic acids is 1. The number of thioether (sulfide) groups is 1. The minimum Gasteiger partial charge on any atom is -0.478 e. The molecule has 1 heterocycles. The van der Waals surface area contributed by atoms with E-state index in [-0.39, 0.29) is 21.3 Å². The zero-order valence-electron chi connectivity index (χ0n) is 14.5. The molecule has 0 bridgehead atoms. The Balaban J connectivity index is 1.79. The van der Waals surface area contributed by atoms with Gasteiger partial charge >= 0.3 is 16.6 Å². The quantitative estimate of drug-likeness (QED) is 0.417. The molecule has 10 heteroatoms. The van der Waals surface area contributed by atoms with Crippen molar-refractivity contribution in [2.24, 2.45) is 0 Å². The van der Waals surface area contributed by atoms with Gasteiger partial charge in [-0.2, -0.15) is 0 Å². The molecule has 2 aromatic carbocycles. The summed E-state index contributed by atoms with van der Waals surface area (Å²) in [6.45, 7) is 1.61. The van der Waals surface area contributed by atoms with Gasteiger partial charge in [-0.1, -0.05) is 29.8 Å². The lowest BCUT2D eigenvalue weighted by Crippen LogP contribution is -2.37. The SMILES string of the molecule is CC(Sc1c(=O)o[nH][n+]1-c1ccccc1)C(=O)Nc1cc(C(=O)O)ccc1Cl. The van der Waals surface area contributed by atoms with Crippen molar-refractivity contribution in [2.75, 3.05) is 5.32 Å². The number of rotatable bonds is 6. The summed E-state index contributed by atoms with van der Waals surface area (Å²) in [6, 6.07) is 13.0. The maximum atomic E-state index is 12.5. The Labute approximate surface area is 168 Å². The van der Waals surface area contributed by atoms with Crippen LogP contribution in [0.5, 0.6) is 0 Å². The Morgan fingerprint density at radius 2 is 1.96 bits per heavy atom. The van der Waals surface area contributed by atoms with Crippen LogP contribution in [0.4, 0.5) is 5.69 Å². The molecule has 0 saturated heterocycles. The number of amides is 1. The molecule has 28 heavy (non-hydrogen) atoms. The number of halogens is 1. The van der Waals surface area contributed by atoms with Crippen LogP contribution >= 0.6 is 23.4 Å². The number of hydrogen-bond donors (Lipinski definition) is 3. The van der Waals surface area contributed by atoms with Crippen molar-refractivity contribution in [2.45, 2.75) is 17.2 Å². The Bertz CT molecular complexity index is 1080. The van der Waals surface area contributed by atoms with Crippen molar-refractivity contribution in [1.82, 2.24) is 5.27 Å².